The maximum atomic E-state index is 12.8. The van der Waals surface area contributed by atoms with Gasteiger partial charge >= 0.3 is 18.1 Å². The third-order valence-electron chi connectivity index (χ3n) is 10.5. The Morgan fingerprint density at radius 2 is 0.742 bits per heavy atom. The van der Waals surface area contributed by atoms with Gasteiger partial charge in [0.1, 0.15) is 28.4 Å². The second kappa shape index (κ2) is 18.6. The molecule has 1 N–H and O–H groups in total. The lowest BCUT2D eigenvalue weighted by molar-refractivity contribution is -0.136. The highest BCUT2D eigenvalue weighted by atomic mass is 16.2. The summed E-state index contributed by atoms with van der Waals surface area (Å²) in [4.78, 5) is 130. The van der Waals surface area contributed by atoms with Crippen molar-refractivity contribution in [3.63, 3.8) is 0 Å². The number of rotatable bonds is 1. The maximum Gasteiger partial charge on any atom is 0.333 e. The molecule has 0 radical (unpaired) electrons. The zero-order valence-corrected chi connectivity index (χ0v) is 36.2. The van der Waals surface area contributed by atoms with Crippen molar-refractivity contribution in [1.82, 2.24) is 34.7 Å². The van der Waals surface area contributed by atoms with Crippen molar-refractivity contribution in [1.29, 1.82) is 5.26 Å². The van der Waals surface area contributed by atoms with Gasteiger partial charge < -0.3 is 5.32 Å². The monoisotopic (exact) mass is 846 g/mol. The average Bonchev–Trinajstić information content (AvgIpc) is 3.85. The Bertz CT molecular complexity index is 2390. The van der Waals surface area contributed by atoms with E-state index in [-0.39, 0.29) is 35.1 Å². The summed E-state index contributed by atoms with van der Waals surface area (Å²) in [7, 11) is 9.13. The maximum absolute atomic E-state index is 12.8. The first-order chi connectivity index (χ1) is 29.4. The molecular formula is C44H46N8O10. The lowest BCUT2D eigenvalue weighted by atomic mass is 9.97. The normalized spacial score (nSPS) is 18.3. The van der Waals surface area contributed by atoms with Gasteiger partial charge in [0.15, 0.2) is 0 Å². The number of nitrogens with one attached hydrogen (secondary N) is 1. The molecule has 322 valence electrons. The van der Waals surface area contributed by atoms with Crippen molar-refractivity contribution < 1.29 is 47.9 Å². The molecule has 3 saturated heterocycles. The molecule has 3 aliphatic heterocycles. The van der Waals surface area contributed by atoms with Crippen LogP contribution in [0.1, 0.15) is 62.8 Å². The van der Waals surface area contributed by atoms with E-state index in [4.69, 9.17) is 0 Å². The number of hydrogen-bond donors (Lipinski definition) is 1. The standard InChI is InChI=1S/C21H18N4O6.C19H16N4O4.2C2H6/c1-22-16(26)14(17(27)23(2)20(22)30)12-9-13(11-8-6-5-7-10(11)12)15-18(28)24(3)21(31)25(4)19(15)29;1-21-16(24)14(9-20)12-8-13(11-7-5-4-6-10(11)12)15-17(25)22(2)19(27)23(3)18(15)26;2*1-2/h5-8H,9H2,1-4H3;4-7H,8H2,1-3H3,(H,21,24);2*1-2H3/b;14-12-;;. The first-order valence-corrected chi connectivity index (χ1v) is 19.5. The molecule has 0 spiro atoms. The van der Waals surface area contributed by atoms with Crippen LogP contribution in [0.5, 0.6) is 0 Å². The summed E-state index contributed by atoms with van der Waals surface area (Å²) >= 11 is 0. The fourth-order valence-corrected chi connectivity index (χ4v) is 7.28. The molecule has 2 aliphatic carbocycles. The zero-order chi connectivity index (χ0) is 46.7. The van der Waals surface area contributed by atoms with Crippen molar-refractivity contribution in [3.8, 4) is 6.07 Å². The first kappa shape index (κ1) is 46.9. The van der Waals surface area contributed by atoms with Gasteiger partial charge in [-0.05, 0) is 44.5 Å². The van der Waals surface area contributed by atoms with Crippen LogP contribution >= 0.6 is 0 Å². The summed E-state index contributed by atoms with van der Waals surface area (Å²) in [6.07, 6.45) is 0.0169. The molecule has 7 rings (SSSR count). The van der Waals surface area contributed by atoms with E-state index < -0.39 is 59.4 Å². The first-order valence-electron chi connectivity index (χ1n) is 19.5. The Labute approximate surface area is 358 Å². The summed E-state index contributed by atoms with van der Waals surface area (Å²) in [6.45, 7) is 8.00. The third kappa shape index (κ3) is 7.59. The van der Waals surface area contributed by atoms with Gasteiger partial charge in [-0.15, -0.1) is 0 Å². The number of likely N-dealkylation sites (N-methyl/N-ethyl adjacent to an activating group) is 7. The fraction of sp³-hybridized carbons (Fsp3) is 0.295. The van der Waals surface area contributed by atoms with E-state index in [0.717, 1.165) is 29.4 Å². The molecule has 0 bridgehead atoms. The second-order valence-electron chi connectivity index (χ2n) is 13.6. The van der Waals surface area contributed by atoms with Gasteiger partial charge in [-0.25, -0.2) is 14.4 Å². The van der Waals surface area contributed by atoms with Crippen molar-refractivity contribution in [2.24, 2.45) is 0 Å². The molecule has 0 saturated carbocycles. The van der Waals surface area contributed by atoms with Gasteiger partial charge in [0, 0.05) is 62.2 Å². The summed E-state index contributed by atoms with van der Waals surface area (Å²) in [5, 5.41) is 11.9. The Morgan fingerprint density at radius 3 is 1.02 bits per heavy atom. The Hall–Kier alpha value is -7.81. The number of benzene rings is 2. The number of nitriles is 1. The molecule has 3 fully saturated rings. The Balaban J connectivity index is 0.000000255. The van der Waals surface area contributed by atoms with Crippen molar-refractivity contribution >= 4 is 81.7 Å². The van der Waals surface area contributed by atoms with E-state index in [2.05, 4.69) is 5.32 Å². The van der Waals surface area contributed by atoms with E-state index in [1.165, 1.54) is 49.3 Å². The second-order valence-corrected chi connectivity index (χ2v) is 13.6. The molecule has 3 heterocycles. The van der Waals surface area contributed by atoms with E-state index in [1.54, 1.807) is 48.5 Å². The van der Waals surface area contributed by atoms with Gasteiger partial charge in [0.2, 0.25) is 0 Å². The molecule has 18 nitrogen and oxygen atoms in total. The highest BCUT2D eigenvalue weighted by Gasteiger charge is 2.46. The van der Waals surface area contributed by atoms with E-state index in [0.29, 0.717) is 44.5 Å². The van der Waals surface area contributed by atoms with Crippen LogP contribution in [0, 0.1) is 11.3 Å². The largest absolute Gasteiger partial charge is 0.354 e. The smallest absolute Gasteiger partial charge is 0.333 e. The Kier molecular flexibility index (Phi) is 14.1. The molecular weight excluding hydrogens is 801 g/mol. The lowest BCUT2D eigenvalue weighted by Crippen LogP contribution is -2.53. The number of allylic oxidation sites excluding steroid dienone is 4. The topological polar surface area (TPSA) is 226 Å². The molecule has 0 unspecified atom stereocenters. The van der Waals surface area contributed by atoms with E-state index in [1.807, 2.05) is 33.8 Å². The number of nitrogens with zero attached hydrogens (tertiary/aromatic N) is 7. The number of hydrogen-bond acceptors (Lipinski definition) is 11. The fourth-order valence-electron chi connectivity index (χ4n) is 7.28. The van der Waals surface area contributed by atoms with Gasteiger partial charge in [-0.2, -0.15) is 5.26 Å². The quantitative estimate of drug-likeness (QED) is 0.248. The highest BCUT2D eigenvalue weighted by molar-refractivity contribution is 6.36. The summed E-state index contributed by atoms with van der Waals surface area (Å²) < 4.78 is 0. The van der Waals surface area contributed by atoms with E-state index >= 15 is 0 Å². The van der Waals surface area contributed by atoms with Crippen LogP contribution in [-0.4, -0.2) is 138 Å². The number of carbonyl (C=O) groups excluding carboxylic acids is 10. The van der Waals surface area contributed by atoms with Gasteiger partial charge in [-0.3, -0.25) is 63.0 Å². The minimum atomic E-state index is -0.755. The average molecular weight is 847 g/mol. The van der Waals surface area contributed by atoms with Crippen LogP contribution in [0.2, 0.25) is 0 Å². The molecule has 2 aromatic rings. The van der Waals surface area contributed by atoms with Crippen LogP contribution in [0.25, 0.3) is 22.3 Å². The molecule has 0 aromatic heterocycles. The van der Waals surface area contributed by atoms with Crippen LogP contribution < -0.4 is 5.32 Å². The van der Waals surface area contributed by atoms with Crippen molar-refractivity contribution in [3.05, 3.63) is 93.1 Å². The number of amides is 13. The predicted octanol–water partition coefficient (Wildman–Crippen LogP) is 3.67. The summed E-state index contributed by atoms with van der Waals surface area (Å²) in [5.41, 5.74) is 3.13. The lowest BCUT2D eigenvalue weighted by Gasteiger charge is -2.30. The number of fused-ring (bicyclic) bond motifs is 2. The predicted molar refractivity (Wildman–Crippen MR) is 225 cm³/mol. The van der Waals surface area contributed by atoms with Gasteiger partial charge in [0.05, 0.1) is 0 Å². The Morgan fingerprint density at radius 1 is 0.484 bits per heavy atom. The molecule has 5 aliphatic rings. The number of barbiturate groups is 3. The molecule has 13 amide bonds. The van der Waals surface area contributed by atoms with Crippen LogP contribution in [0.3, 0.4) is 0 Å². The molecule has 18 heteroatoms. The summed E-state index contributed by atoms with van der Waals surface area (Å²) in [6, 6.07) is 13.4. The SMILES string of the molecule is CC.CC.CN1C(=O)C(=C2CC(=C3C(=O)N(C)C(=O)N(C)C3=O)c3ccccc32)C(=O)N(C)C1=O.CNC(=O)/C(C#N)=C1/CC(=C2C(=O)N(C)C(=O)N(C)C2=O)c2ccccc21. The van der Waals surface area contributed by atoms with Gasteiger partial charge in [-0.1, -0.05) is 76.2 Å². The van der Waals surface area contributed by atoms with Crippen molar-refractivity contribution in [2.75, 3.05) is 49.3 Å². The van der Waals surface area contributed by atoms with Crippen LogP contribution in [0.15, 0.2) is 70.8 Å². The van der Waals surface area contributed by atoms with Gasteiger partial charge in [0.25, 0.3) is 41.4 Å². The minimum Gasteiger partial charge on any atom is -0.354 e. The van der Waals surface area contributed by atoms with Crippen molar-refractivity contribution in [2.45, 2.75) is 40.5 Å². The number of imide groups is 6. The van der Waals surface area contributed by atoms with E-state index in [9.17, 15) is 53.2 Å². The highest BCUT2D eigenvalue weighted by Crippen LogP contribution is 2.46. The van der Waals surface area contributed by atoms with Crippen LogP contribution in [-0.2, 0) is 33.6 Å². The number of urea groups is 3. The summed E-state index contributed by atoms with van der Waals surface area (Å²) in [5.74, 6) is -4.96. The molecule has 2 aromatic carbocycles. The number of carbonyl (C=O) groups is 10. The third-order valence-corrected chi connectivity index (χ3v) is 10.5. The van der Waals surface area contributed by atoms with Crippen LogP contribution in [0.4, 0.5) is 14.4 Å². The zero-order valence-electron chi connectivity index (χ0n) is 36.2. The molecule has 62 heavy (non-hydrogen) atoms. The molecule has 0 atom stereocenters. The minimum absolute atomic E-state index is 0.0509.